The number of hydrogen-bond donors (Lipinski definition) is 1. The molecule has 35 heavy (non-hydrogen) atoms. The van der Waals surface area contributed by atoms with Crippen LogP contribution in [0.25, 0.3) is 16.8 Å². The monoisotopic (exact) mass is 470 g/mol. The quantitative estimate of drug-likeness (QED) is 0.412. The molecule has 0 unspecified atom stereocenters. The Labute approximate surface area is 203 Å². The second-order valence-electron chi connectivity index (χ2n) is 8.77. The van der Waals surface area contributed by atoms with Gasteiger partial charge in [0.15, 0.2) is 11.5 Å². The van der Waals surface area contributed by atoms with Gasteiger partial charge in [0.2, 0.25) is 0 Å². The fourth-order valence-electron chi connectivity index (χ4n) is 4.80. The van der Waals surface area contributed by atoms with Gasteiger partial charge in [0.25, 0.3) is 11.8 Å². The molecule has 3 aromatic rings. The molecule has 178 valence electrons. The van der Waals surface area contributed by atoms with Gasteiger partial charge in [-0.25, -0.2) is 4.79 Å². The Morgan fingerprint density at radius 3 is 2.54 bits per heavy atom. The minimum absolute atomic E-state index is 0.0667. The maximum Gasteiger partial charge on any atom is 0.331 e. The van der Waals surface area contributed by atoms with E-state index in [1.165, 1.54) is 18.1 Å². The SMILES string of the molecule is COc1cc(/C=C2\C(=O)NC(=O)N(C3CCCC3)C2=O)ccc1OCc1cccc2ccccc12. The van der Waals surface area contributed by atoms with Crippen LogP contribution in [-0.2, 0) is 16.2 Å². The summed E-state index contributed by atoms with van der Waals surface area (Å²) in [5.41, 5.74) is 1.58. The van der Waals surface area contributed by atoms with Crippen molar-refractivity contribution in [2.24, 2.45) is 0 Å². The second-order valence-corrected chi connectivity index (χ2v) is 8.77. The van der Waals surface area contributed by atoms with Crippen LogP contribution in [0.4, 0.5) is 4.79 Å². The molecular weight excluding hydrogens is 444 g/mol. The van der Waals surface area contributed by atoms with Crippen molar-refractivity contribution in [2.75, 3.05) is 7.11 Å². The average Bonchev–Trinajstić information content (AvgIpc) is 3.40. The molecule has 1 heterocycles. The Balaban J connectivity index is 1.38. The summed E-state index contributed by atoms with van der Waals surface area (Å²) in [6, 6.07) is 18.6. The molecular formula is C28H26N2O5. The van der Waals surface area contributed by atoms with Crippen LogP contribution in [0, 0.1) is 0 Å². The third kappa shape index (κ3) is 4.49. The molecule has 4 amide bonds. The molecule has 0 radical (unpaired) electrons. The largest absolute Gasteiger partial charge is 0.493 e. The summed E-state index contributed by atoms with van der Waals surface area (Å²) in [6.07, 6.45) is 4.94. The van der Waals surface area contributed by atoms with Crippen molar-refractivity contribution in [2.45, 2.75) is 38.3 Å². The van der Waals surface area contributed by atoms with Crippen LogP contribution in [-0.4, -0.2) is 35.9 Å². The van der Waals surface area contributed by atoms with Gasteiger partial charge < -0.3 is 9.47 Å². The second kappa shape index (κ2) is 9.62. The Morgan fingerprint density at radius 1 is 0.971 bits per heavy atom. The molecule has 1 saturated heterocycles. The lowest BCUT2D eigenvalue weighted by molar-refractivity contribution is -0.131. The van der Waals surface area contributed by atoms with Gasteiger partial charge in [0.1, 0.15) is 12.2 Å². The number of carbonyl (C=O) groups is 3. The van der Waals surface area contributed by atoms with E-state index in [2.05, 4.69) is 23.5 Å². The molecule has 1 aliphatic carbocycles. The lowest BCUT2D eigenvalue weighted by Crippen LogP contribution is -2.57. The van der Waals surface area contributed by atoms with E-state index in [1.807, 2.05) is 24.3 Å². The molecule has 2 fully saturated rings. The van der Waals surface area contributed by atoms with Crippen molar-refractivity contribution in [3.05, 3.63) is 77.4 Å². The first-order chi connectivity index (χ1) is 17.0. The van der Waals surface area contributed by atoms with Crippen molar-refractivity contribution < 1.29 is 23.9 Å². The maximum atomic E-state index is 13.0. The standard InChI is InChI=1S/C28H26N2O5/c1-34-25-16-18(15-23-26(31)29-28(33)30(27(23)32)21-10-3-4-11-21)13-14-24(25)35-17-20-9-6-8-19-7-2-5-12-22(19)20/h2,5-9,12-16,21H,3-4,10-11,17H2,1H3,(H,29,31,33)/b23-15+. The zero-order valence-corrected chi connectivity index (χ0v) is 19.5. The molecule has 1 aliphatic heterocycles. The number of methoxy groups -OCH3 is 1. The van der Waals surface area contributed by atoms with Gasteiger partial charge in [-0.05, 0) is 52.9 Å². The third-order valence-electron chi connectivity index (χ3n) is 6.58. The van der Waals surface area contributed by atoms with Crippen molar-refractivity contribution >= 4 is 34.7 Å². The van der Waals surface area contributed by atoms with Crippen LogP contribution in [0.3, 0.4) is 0 Å². The molecule has 1 saturated carbocycles. The van der Waals surface area contributed by atoms with Gasteiger partial charge in [-0.2, -0.15) is 0 Å². The smallest absolute Gasteiger partial charge is 0.331 e. The van der Waals surface area contributed by atoms with E-state index >= 15 is 0 Å². The molecule has 0 spiro atoms. The van der Waals surface area contributed by atoms with Crippen LogP contribution >= 0.6 is 0 Å². The first-order valence-electron chi connectivity index (χ1n) is 11.7. The number of imide groups is 2. The molecule has 0 aromatic heterocycles. The highest BCUT2D eigenvalue weighted by atomic mass is 16.5. The number of hydrogen-bond acceptors (Lipinski definition) is 5. The number of ether oxygens (including phenoxy) is 2. The lowest BCUT2D eigenvalue weighted by atomic mass is 10.0. The van der Waals surface area contributed by atoms with E-state index < -0.39 is 17.8 Å². The first kappa shape index (κ1) is 22.7. The van der Waals surface area contributed by atoms with Crippen LogP contribution in [0.15, 0.2) is 66.2 Å². The number of urea groups is 1. The molecule has 7 nitrogen and oxygen atoms in total. The molecule has 0 bridgehead atoms. The Morgan fingerprint density at radius 2 is 1.74 bits per heavy atom. The summed E-state index contributed by atoms with van der Waals surface area (Å²) in [7, 11) is 1.54. The highest BCUT2D eigenvalue weighted by Gasteiger charge is 2.40. The minimum Gasteiger partial charge on any atom is -0.493 e. The van der Waals surface area contributed by atoms with Crippen LogP contribution < -0.4 is 14.8 Å². The molecule has 7 heteroatoms. The number of benzene rings is 3. The summed E-state index contributed by atoms with van der Waals surface area (Å²) in [6.45, 7) is 0.359. The maximum absolute atomic E-state index is 13.0. The Bertz CT molecular complexity index is 1330. The van der Waals surface area contributed by atoms with Crippen LogP contribution in [0.2, 0.25) is 0 Å². The van der Waals surface area contributed by atoms with Crippen molar-refractivity contribution in [3.63, 3.8) is 0 Å². The zero-order valence-electron chi connectivity index (χ0n) is 19.5. The van der Waals surface area contributed by atoms with Crippen molar-refractivity contribution in [3.8, 4) is 11.5 Å². The van der Waals surface area contributed by atoms with Crippen LogP contribution in [0.5, 0.6) is 11.5 Å². The highest BCUT2D eigenvalue weighted by molar-refractivity contribution is 6.31. The summed E-state index contributed by atoms with van der Waals surface area (Å²) in [5.74, 6) is -0.220. The first-order valence-corrected chi connectivity index (χ1v) is 11.7. The normalized spacial score (nSPS) is 17.8. The molecule has 5 rings (SSSR count). The van der Waals surface area contributed by atoms with Gasteiger partial charge in [-0.3, -0.25) is 19.8 Å². The molecule has 0 atom stereocenters. The van der Waals surface area contributed by atoms with Crippen LogP contribution in [0.1, 0.15) is 36.8 Å². The summed E-state index contributed by atoms with van der Waals surface area (Å²) >= 11 is 0. The number of carbonyl (C=O) groups excluding carboxylic acids is 3. The van der Waals surface area contributed by atoms with E-state index in [9.17, 15) is 14.4 Å². The van der Waals surface area contributed by atoms with Crippen molar-refractivity contribution in [1.29, 1.82) is 0 Å². The van der Waals surface area contributed by atoms with E-state index in [1.54, 1.807) is 18.2 Å². The number of amides is 4. The summed E-state index contributed by atoms with van der Waals surface area (Å²) < 4.78 is 11.6. The van der Waals surface area contributed by atoms with E-state index in [0.29, 0.717) is 23.7 Å². The number of nitrogens with zero attached hydrogens (tertiary/aromatic N) is 1. The molecule has 1 N–H and O–H groups in total. The van der Waals surface area contributed by atoms with Gasteiger partial charge >= 0.3 is 6.03 Å². The zero-order chi connectivity index (χ0) is 24.4. The number of barbiturate groups is 1. The van der Waals surface area contributed by atoms with Gasteiger partial charge in [-0.15, -0.1) is 0 Å². The van der Waals surface area contributed by atoms with Gasteiger partial charge in [0, 0.05) is 6.04 Å². The average molecular weight is 471 g/mol. The number of rotatable bonds is 6. The lowest BCUT2D eigenvalue weighted by Gasteiger charge is -2.31. The highest BCUT2D eigenvalue weighted by Crippen LogP contribution is 2.32. The summed E-state index contributed by atoms with van der Waals surface area (Å²) in [4.78, 5) is 39.0. The Kier molecular flexibility index (Phi) is 6.23. The van der Waals surface area contributed by atoms with E-state index in [4.69, 9.17) is 9.47 Å². The predicted octanol–water partition coefficient (Wildman–Crippen LogP) is 4.83. The Hall–Kier alpha value is -4.13. The van der Waals surface area contributed by atoms with E-state index in [-0.39, 0.29) is 11.6 Å². The number of fused-ring (bicyclic) bond motifs is 1. The third-order valence-corrected chi connectivity index (χ3v) is 6.58. The van der Waals surface area contributed by atoms with E-state index in [0.717, 1.165) is 42.0 Å². The van der Waals surface area contributed by atoms with Gasteiger partial charge in [-0.1, -0.05) is 61.4 Å². The fraction of sp³-hybridized carbons (Fsp3) is 0.250. The summed E-state index contributed by atoms with van der Waals surface area (Å²) in [5, 5.41) is 4.57. The molecule has 3 aromatic carbocycles. The topological polar surface area (TPSA) is 84.9 Å². The van der Waals surface area contributed by atoms with Crippen molar-refractivity contribution in [1.82, 2.24) is 10.2 Å². The minimum atomic E-state index is -0.690. The molecule has 2 aliphatic rings. The fourth-order valence-corrected chi connectivity index (χ4v) is 4.80. The number of nitrogens with one attached hydrogen (secondary N) is 1. The predicted molar refractivity (Wildman–Crippen MR) is 132 cm³/mol. The van der Waals surface area contributed by atoms with Gasteiger partial charge in [0.05, 0.1) is 7.11 Å².